The van der Waals surface area contributed by atoms with Crippen molar-refractivity contribution < 1.29 is 19.1 Å². The zero-order valence-electron chi connectivity index (χ0n) is 10.7. The first-order valence-electron chi connectivity index (χ1n) is 6.53. The van der Waals surface area contributed by atoms with E-state index in [1.807, 2.05) is 0 Å². The van der Waals surface area contributed by atoms with E-state index in [1.165, 1.54) is 14.2 Å². The summed E-state index contributed by atoms with van der Waals surface area (Å²) in [6, 6.07) is 0. The summed E-state index contributed by atoms with van der Waals surface area (Å²) in [5.74, 6) is 0.203. The Morgan fingerprint density at radius 2 is 1.28 bits per heavy atom. The highest BCUT2D eigenvalue weighted by atomic mass is 16.5. The third kappa shape index (κ3) is 1.38. The third-order valence-corrected chi connectivity index (χ3v) is 5.09. The number of hydrogen-bond acceptors (Lipinski definition) is 4. The molecule has 0 aromatic rings. The van der Waals surface area contributed by atoms with Gasteiger partial charge in [0.25, 0.3) is 0 Å². The van der Waals surface area contributed by atoms with Gasteiger partial charge in [-0.25, -0.2) is 0 Å². The second-order valence-corrected chi connectivity index (χ2v) is 5.54. The van der Waals surface area contributed by atoms with Crippen LogP contribution in [0.3, 0.4) is 0 Å². The van der Waals surface area contributed by atoms with E-state index in [9.17, 15) is 9.59 Å². The van der Waals surface area contributed by atoms with Gasteiger partial charge in [-0.2, -0.15) is 0 Å². The van der Waals surface area contributed by atoms with Crippen molar-refractivity contribution in [3.8, 4) is 0 Å². The van der Waals surface area contributed by atoms with Gasteiger partial charge in [0.15, 0.2) is 0 Å². The van der Waals surface area contributed by atoms with Gasteiger partial charge in [0.05, 0.1) is 26.1 Å². The number of carbonyl (C=O) groups is 2. The Morgan fingerprint density at radius 3 is 1.56 bits per heavy atom. The van der Waals surface area contributed by atoms with Crippen molar-refractivity contribution in [1.82, 2.24) is 0 Å². The van der Waals surface area contributed by atoms with Crippen LogP contribution in [0.15, 0.2) is 12.2 Å². The number of ether oxygens (including phenoxy) is 2. The molecule has 4 heteroatoms. The van der Waals surface area contributed by atoms with E-state index in [0.717, 1.165) is 12.8 Å². The van der Waals surface area contributed by atoms with Crippen LogP contribution in [0.2, 0.25) is 0 Å². The van der Waals surface area contributed by atoms with Crippen LogP contribution >= 0.6 is 0 Å². The van der Waals surface area contributed by atoms with Crippen molar-refractivity contribution in [2.45, 2.75) is 12.8 Å². The van der Waals surface area contributed by atoms with Crippen LogP contribution in [0.5, 0.6) is 0 Å². The minimum atomic E-state index is -0.348. The number of fused-ring (bicyclic) bond motifs is 1. The average molecular weight is 250 g/mol. The molecule has 0 unspecified atom stereocenters. The molecule has 2 bridgehead atoms. The predicted octanol–water partition coefficient (Wildman–Crippen LogP) is 1.41. The number of allylic oxidation sites excluding steroid dienone is 2. The molecular weight excluding hydrogens is 232 g/mol. The highest BCUT2D eigenvalue weighted by Crippen LogP contribution is 2.59. The number of carbonyl (C=O) groups excluding carboxylic acids is 2. The molecule has 4 aliphatic carbocycles. The molecule has 0 aromatic carbocycles. The number of rotatable bonds is 2. The summed E-state index contributed by atoms with van der Waals surface area (Å²) >= 11 is 0. The Bertz CT molecular complexity index is 376. The predicted molar refractivity (Wildman–Crippen MR) is 63.3 cm³/mol. The zero-order valence-corrected chi connectivity index (χ0v) is 10.7. The van der Waals surface area contributed by atoms with Crippen LogP contribution in [0.25, 0.3) is 0 Å². The first-order valence-corrected chi connectivity index (χ1v) is 6.53. The minimum absolute atomic E-state index is 0.158. The normalized spacial score (nSPS) is 43.9. The van der Waals surface area contributed by atoms with E-state index in [4.69, 9.17) is 9.47 Å². The molecule has 0 saturated heterocycles. The molecule has 2 fully saturated rings. The Hall–Kier alpha value is -1.32. The molecule has 18 heavy (non-hydrogen) atoms. The molecule has 0 spiro atoms. The standard InChI is InChI=1S/C14H18O4/c1-17-13(15)11-9-5-6-10(8-4-3-7(8)9)12(11)14(16)18-2/h5-12H,3-4H2,1-2H3/t7-,8-,9-,10+,11+,12-/m0/s1. The number of methoxy groups -OCH3 is 2. The summed E-state index contributed by atoms with van der Waals surface area (Å²) in [7, 11) is 2.78. The molecule has 4 rings (SSSR count). The van der Waals surface area contributed by atoms with Gasteiger partial charge in [0.1, 0.15) is 0 Å². The van der Waals surface area contributed by atoms with E-state index in [-0.39, 0.29) is 35.6 Å². The summed E-state index contributed by atoms with van der Waals surface area (Å²) in [6.07, 6.45) is 6.56. The van der Waals surface area contributed by atoms with Gasteiger partial charge < -0.3 is 9.47 Å². The molecular formula is C14H18O4. The van der Waals surface area contributed by atoms with E-state index < -0.39 is 0 Å². The topological polar surface area (TPSA) is 52.6 Å². The van der Waals surface area contributed by atoms with Crippen molar-refractivity contribution >= 4 is 11.9 Å². The largest absolute Gasteiger partial charge is 0.469 e. The summed E-state index contributed by atoms with van der Waals surface area (Å²) in [4.78, 5) is 24.0. The molecule has 4 nitrogen and oxygen atoms in total. The van der Waals surface area contributed by atoms with Crippen molar-refractivity contribution in [2.75, 3.05) is 14.2 Å². The van der Waals surface area contributed by atoms with Gasteiger partial charge in [0.2, 0.25) is 0 Å². The number of hydrogen-bond donors (Lipinski definition) is 0. The summed E-state index contributed by atoms with van der Waals surface area (Å²) in [6.45, 7) is 0. The minimum Gasteiger partial charge on any atom is -0.469 e. The smallest absolute Gasteiger partial charge is 0.310 e. The van der Waals surface area contributed by atoms with Gasteiger partial charge in [0, 0.05) is 0 Å². The highest BCUT2D eigenvalue weighted by molar-refractivity contribution is 5.84. The van der Waals surface area contributed by atoms with Crippen LogP contribution in [0, 0.1) is 35.5 Å². The lowest BCUT2D eigenvalue weighted by Crippen LogP contribution is -2.57. The number of esters is 2. The van der Waals surface area contributed by atoms with Crippen LogP contribution in [0.4, 0.5) is 0 Å². The maximum Gasteiger partial charge on any atom is 0.310 e. The molecule has 0 heterocycles. The monoisotopic (exact) mass is 250 g/mol. The Balaban J connectivity index is 1.97. The maximum absolute atomic E-state index is 12.0. The van der Waals surface area contributed by atoms with E-state index in [0.29, 0.717) is 11.8 Å². The Kier molecular flexibility index (Phi) is 2.68. The molecule has 0 radical (unpaired) electrons. The van der Waals surface area contributed by atoms with Crippen molar-refractivity contribution in [2.24, 2.45) is 35.5 Å². The van der Waals surface area contributed by atoms with E-state index in [1.54, 1.807) is 0 Å². The quantitative estimate of drug-likeness (QED) is 0.549. The molecule has 2 saturated carbocycles. The Morgan fingerprint density at radius 1 is 0.889 bits per heavy atom. The molecule has 0 N–H and O–H groups in total. The van der Waals surface area contributed by atoms with Gasteiger partial charge in [-0.05, 0) is 36.5 Å². The lowest BCUT2D eigenvalue weighted by atomic mass is 9.46. The van der Waals surface area contributed by atoms with Crippen molar-refractivity contribution in [3.63, 3.8) is 0 Å². The fourth-order valence-electron chi connectivity index (χ4n) is 4.18. The van der Waals surface area contributed by atoms with Gasteiger partial charge in [-0.1, -0.05) is 12.2 Å². The summed E-state index contributed by atoms with van der Waals surface area (Å²) in [5.41, 5.74) is 0. The third-order valence-electron chi connectivity index (χ3n) is 5.09. The zero-order chi connectivity index (χ0) is 12.9. The first kappa shape index (κ1) is 11.8. The van der Waals surface area contributed by atoms with Gasteiger partial charge >= 0.3 is 11.9 Å². The molecule has 0 amide bonds. The van der Waals surface area contributed by atoms with E-state index in [2.05, 4.69) is 12.2 Å². The fraction of sp³-hybridized carbons (Fsp3) is 0.714. The molecule has 0 aliphatic heterocycles. The summed E-state index contributed by atoms with van der Waals surface area (Å²) < 4.78 is 9.79. The maximum atomic E-state index is 12.0. The highest BCUT2D eigenvalue weighted by Gasteiger charge is 2.59. The van der Waals surface area contributed by atoms with Gasteiger partial charge in [-0.15, -0.1) is 0 Å². The first-order chi connectivity index (χ1) is 8.69. The van der Waals surface area contributed by atoms with Crippen molar-refractivity contribution in [3.05, 3.63) is 12.2 Å². The fourth-order valence-corrected chi connectivity index (χ4v) is 4.18. The second-order valence-electron chi connectivity index (χ2n) is 5.54. The molecule has 98 valence electrons. The van der Waals surface area contributed by atoms with Crippen LogP contribution in [0.1, 0.15) is 12.8 Å². The average Bonchev–Trinajstić information content (AvgIpc) is 2.35. The van der Waals surface area contributed by atoms with Crippen LogP contribution in [-0.2, 0) is 19.1 Å². The van der Waals surface area contributed by atoms with Gasteiger partial charge in [-0.3, -0.25) is 9.59 Å². The van der Waals surface area contributed by atoms with Crippen LogP contribution in [-0.4, -0.2) is 26.2 Å². The molecule has 4 aliphatic rings. The second kappa shape index (κ2) is 4.11. The van der Waals surface area contributed by atoms with Crippen LogP contribution < -0.4 is 0 Å². The lowest BCUT2D eigenvalue weighted by molar-refractivity contribution is -0.174. The van der Waals surface area contributed by atoms with Crippen molar-refractivity contribution in [1.29, 1.82) is 0 Å². The molecule has 0 aromatic heterocycles. The SMILES string of the molecule is COC(=O)[C@@H]1[C@H]2C=C[C@H]([C@H]3CC[C@H]23)[C@@H]1C(=O)OC. The Labute approximate surface area is 106 Å². The lowest BCUT2D eigenvalue weighted by Gasteiger charge is -2.57. The molecule has 6 atom stereocenters. The summed E-state index contributed by atoms with van der Waals surface area (Å²) in [5, 5.41) is 0. The van der Waals surface area contributed by atoms with E-state index >= 15 is 0 Å².